The zero-order chi connectivity index (χ0) is 11.5. The van der Waals surface area contributed by atoms with E-state index in [9.17, 15) is 0 Å². The predicted octanol–water partition coefficient (Wildman–Crippen LogP) is 2.20. The van der Waals surface area contributed by atoms with Crippen LogP contribution in [-0.2, 0) is 6.54 Å². The third-order valence-corrected chi connectivity index (χ3v) is 3.62. The molecule has 2 rings (SSSR count). The van der Waals surface area contributed by atoms with Gasteiger partial charge in [0.05, 0.1) is 6.54 Å². The lowest BCUT2D eigenvalue weighted by Gasteiger charge is -2.12. The topological polar surface area (TPSA) is 50.4 Å². The average molecular weight is 239 g/mol. The van der Waals surface area contributed by atoms with Gasteiger partial charge in [-0.05, 0) is 12.8 Å². The first-order valence-corrected chi connectivity index (χ1v) is 6.49. The normalized spacial score (nSPS) is 23.0. The summed E-state index contributed by atoms with van der Waals surface area (Å²) >= 11 is 1.79. The summed E-state index contributed by atoms with van der Waals surface area (Å²) in [5.41, 5.74) is 0.889. The molecule has 2 heterocycles. The lowest BCUT2D eigenvalue weighted by atomic mass is 10.1. The molecule has 0 amide bonds. The maximum atomic E-state index is 4.99. The van der Waals surface area contributed by atoms with Crippen molar-refractivity contribution >= 4 is 16.9 Å². The molecule has 0 saturated carbocycles. The van der Waals surface area contributed by atoms with Crippen molar-refractivity contribution < 1.29 is 4.52 Å². The molecule has 1 aliphatic heterocycles. The highest BCUT2D eigenvalue weighted by molar-refractivity contribution is 8.14. The zero-order valence-electron chi connectivity index (χ0n) is 9.86. The number of amidine groups is 1. The third-order valence-electron chi connectivity index (χ3n) is 2.57. The number of hydrogen-bond donors (Lipinski definition) is 1. The van der Waals surface area contributed by atoms with Crippen molar-refractivity contribution in [1.82, 2.24) is 10.5 Å². The molecular weight excluding hydrogens is 222 g/mol. The van der Waals surface area contributed by atoms with E-state index in [1.54, 1.807) is 11.8 Å². The van der Waals surface area contributed by atoms with E-state index < -0.39 is 0 Å². The standard InChI is InChI=1S/C11H17N3OS/c1-7(2)10-6-16-11(13-10)12-5-9-4-8(3)15-14-9/h4,7,10H,5-6H2,1-3H3,(H,12,13)/t10-/m1/s1. The minimum Gasteiger partial charge on any atom is -0.361 e. The van der Waals surface area contributed by atoms with Crippen molar-refractivity contribution in [2.75, 3.05) is 5.75 Å². The number of aryl methyl sites for hydroxylation is 1. The van der Waals surface area contributed by atoms with Gasteiger partial charge in [0.15, 0.2) is 5.17 Å². The summed E-state index contributed by atoms with van der Waals surface area (Å²) in [5.74, 6) is 2.59. The smallest absolute Gasteiger partial charge is 0.157 e. The van der Waals surface area contributed by atoms with E-state index >= 15 is 0 Å². The first-order chi connectivity index (χ1) is 7.65. The van der Waals surface area contributed by atoms with Crippen molar-refractivity contribution in [1.29, 1.82) is 0 Å². The van der Waals surface area contributed by atoms with Crippen LogP contribution < -0.4 is 5.32 Å². The van der Waals surface area contributed by atoms with Crippen LogP contribution in [0.3, 0.4) is 0 Å². The molecular formula is C11H17N3OS. The number of thioether (sulfide) groups is 1. The maximum Gasteiger partial charge on any atom is 0.157 e. The van der Waals surface area contributed by atoms with Gasteiger partial charge in [-0.1, -0.05) is 30.8 Å². The second kappa shape index (κ2) is 4.91. The van der Waals surface area contributed by atoms with E-state index in [1.165, 1.54) is 0 Å². The average Bonchev–Trinajstić information content (AvgIpc) is 2.83. The van der Waals surface area contributed by atoms with Crippen LogP contribution in [0.25, 0.3) is 0 Å². The number of aliphatic imine (C=N–C) groups is 1. The molecule has 1 aromatic heterocycles. The summed E-state index contributed by atoms with van der Waals surface area (Å²) in [5, 5.41) is 8.36. The summed E-state index contributed by atoms with van der Waals surface area (Å²) in [7, 11) is 0. The minimum atomic E-state index is 0.544. The number of hydrogen-bond acceptors (Lipinski definition) is 4. The Labute approximate surface area is 99.9 Å². The van der Waals surface area contributed by atoms with Crippen LogP contribution in [0, 0.1) is 12.8 Å². The molecule has 1 saturated heterocycles. The quantitative estimate of drug-likeness (QED) is 0.878. The Morgan fingerprint density at radius 3 is 3.06 bits per heavy atom. The molecule has 0 bridgehead atoms. The van der Waals surface area contributed by atoms with Gasteiger partial charge in [-0.25, -0.2) is 0 Å². The highest BCUT2D eigenvalue weighted by Gasteiger charge is 2.22. The first kappa shape index (κ1) is 11.5. The van der Waals surface area contributed by atoms with Crippen LogP contribution in [-0.4, -0.2) is 22.1 Å². The summed E-state index contributed by atoms with van der Waals surface area (Å²) < 4.78 is 4.99. The maximum absolute atomic E-state index is 4.99. The molecule has 1 N–H and O–H groups in total. The Kier molecular flexibility index (Phi) is 3.53. The first-order valence-electron chi connectivity index (χ1n) is 5.51. The molecule has 16 heavy (non-hydrogen) atoms. The van der Waals surface area contributed by atoms with Crippen LogP contribution >= 0.6 is 11.8 Å². The van der Waals surface area contributed by atoms with E-state index in [0.717, 1.165) is 22.4 Å². The van der Waals surface area contributed by atoms with Gasteiger partial charge in [-0.15, -0.1) is 0 Å². The van der Waals surface area contributed by atoms with Gasteiger partial charge in [0.2, 0.25) is 0 Å². The fraction of sp³-hybridized carbons (Fsp3) is 0.636. The van der Waals surface area contributed by atoms with Crippen LogP contribution in [0.2, 0.25) is 0 Å². The van der Waals surface area contributed by atoms with Gasteiger partial charge in [0, 0.05) is 17.9 Å². The predicted molar refractivity (Wildman–Crippen MR) is 66.6 cm³/mol. The minimum absolute atomic E-state index is 0.544. The summed E-state index contributed by atoms with van der Waals surface area (Å²) in [6, 6.07) is 2.46. The molecule has 1 aromatic rings. The molecule has 1 atom stereocenters. The Morgan fingerprint density at radius 1 is 1.69 bits per heavy atom. The Balaban J connectivity index is 1.90. The fourth-order valence-corrected chi connectivity index (χ4v) is 2.70. The van der Waals surface area contributed by atoms with Crippen molar-refractivity contribution in [3.63, 3.8) is 0 Å². The Hall–Kier alpha value is -0.970. The van der Waals surface area contributed by atoms with Gasteiger partial charge in [0.25, 0.3) is 0 Å². The molecule has 0 aromatic carbocycles. The second-order valence-electron chi connectivity index (χ2n) is 4.36. The van der Waals surface area contributed by atoms with Crippen LogP contribution in [0.1, 0.15) is 25.3 Å². The van der Waals surface area contributed by atoms with E-state index in [0.29, 0.717) is 18.5 Å². The zero-order valence-corrected chi connectivity index (χ0v) is 10.7. The second-order valence-corrected chi connectivity index (χ2v) is 5.36. The number of nitrogens with one attached hydrogen (secondary N) is 1. The van der Waals surface area contributed by atoms with E-state index in [-0.39, 0.29) is 0 Å². The lowest BCUT2D eigenvalue weighted by molar-refractivity contribution is 0.391. The fourth-order valence-electron chi connectivity index (χ4n) is 1.51. The van der Waals surface area contributed by atoms with Crippen molar-refractivity contribution in [3.8, 4) is 0 Å². The highest BCUT2D eigenvalue weighted by Crippen LogP contribution is 2.19. The molecule has 0 spiro atoms. The molecule has 4 nitrogen and oxygen atoms in total. The van der Waals surface area contributed by atoms with Crippen LogP contribution in [0.15, 0.2) is 15.6 Å². The van der Waals surface area contributed by atoms with Crippen molar-refractivity contribution in [2.24, 2.45) is 10.9 Å². The van der Waals surface area contributed by atoms with E-state index in [1.807, 2.05) is 13.0 Å². The van der Waals surface area contributed by atoms with Gasteiger partial charge in [0.1, 0.15) is 11.5 Å². The van der Waals surface area contributed by atoms with Crippen molar-refractivity contribution in [3.05, 3.63) is 17.5 Å². The van der Waals surface area contributed by atoms with E-state index in [4.69, 9.17) is 4.52 Å². The summed E-state index contributed by atoms with van der Waals surface area (Å²) in [6.07, 6.45) is 0. The lowest BCUT2D eigenvalue weighted by Crippen LogP contribution is -2.31. The van der Waals surface area contributed by atoms with Crippen LogP contribution in [0.4, 0.5) is 0 Å². The van der Waals surface area contributed by atoms with Gasteiger partial charge >= 0.3 is 0 Å². The Bertz CT molecular complexity index is 386. The van der Waals surface area contributed by atoms with Gasteiger partial charge in [-0.2, -0.15) is 0 Å². The summed E-state index contributed by atoms with van der Waals surface area (Å²) in [4.78, 5) is 4.49. The monoisotopic (exact) mass is 239 g/mol. The SMILES string of the molecule is Cc1cc(CN=C2N[C@@H](C(C)C)CS2)no1. The molecule has 0 unspecified atom stereocenters. The number of nitrogens with zero attached hydrogens (tertiary/aromatic N) is 2. The number of rotatable bonds is 3. The molecule has 0 aliphatic carbocycles. The molecule has 1 fully saturated rings. The largest absolute Gasteiger partial charge is 0.361 e. The number of aromatic nitrogens is 1. The van der Waals surface area contributed by atoms with E-state index in [2.05, 4.69) is 29.3 Å². The third kappa shape index (κ3) is 2.78. The molecule has 88 valence electrons. The van der Waals surface area contributed by atoms with Gasteiger partial charge < -0.3 is 9.84 Å². The summed E-state index contributed by atoms with van der Waals surface area (Å²) in [6.45, 7) is 6.93. The molecule has 0 radical (unpaired) electrons. The molecule has 5 heteroatoms. The van der Waals surface area contributed by atoms with Crippen LogP contribution in [0.5, 0.6) is 0 Å². The van der Waals surface area contributed by atoms with Gasteiger partial charge in [-0.3, -0.25) is 4.99 Å². The Morgan fingerprint density at radius 2 is 2.50 bits per heavy atom. The molecule has 1 aliphatic rings. The van der Waals surface area contributed by atoms with Crippen molar-refractivity contribution in [2.45, 2.75) is 33.4 Å². The highest BCUT2D eigenvalue weighted by atomic mass is 32.2.